The van der Waals surface area contributed by atoms with Crippen molar-refractivity contribution in [2.45, 2.75) is 23.8 Å². The zero-order valence-electron chi connectivity index (χ0n) is 17.4. The van der Waals surface area contributed by atoms with E-state index in [4.69, 9.17) is 22.1 Å². The Bertz CT molecular complexity index is 755. The smallest absolute Gasteiger partial charge is 0.233 e. The highest BCUT2D eigenvalue weighted by Gasteiger charge is 2.46. The number of methoxy groups -OCH3 is 1. The highest BCUT2D eigenvalue weighted by molar-refractivity contribution is 6.21. The summed E-state index contributed by atoms with van der Waals surface area (Å²) in [5.41, 5.74) is 11.1. The van der Waals surface area contributed by atoms with Gasteiger partial charge >= 0.3 is 0 Å². The van der Waals surface area contributed by atoms with Crippen LogP contribution in [0, 0.1) is 5.92 Å². The molecular weight excluding hydrogens is 408 g/mol. The van der Waals surface area contributed by atoms with Crippen LogP contribution in [0.4, 0.5) is 11.4 Å². The molecule has 0 bridgehead atoms. The van der Waals surface area contributed by atoms with Crippen molar-refractivity contribution < 1.29 is 9.53 Å². The molecule has 1 aromatic rings. The number of hydrogen-bond acceptors (Lipinski definition) is 9. The molecule has 30 heavy (non-hydrogen) atoms. The topological polar surface area (TPSA) is 111 Å². The van der Waals surface area contributed by atoms with Gasteiger partial charge in [0.05, 0.1) is 53.8 Å². The van der Waals surface area contributed by atoms with E-state index in [0.29, 0.717) is 25.4 Å². The molecule has 5 unspecified atom stereocenters. The summed E-state index contributed by atoms with van der Waals surface area (Å²) in [6.07, 6.45) is 2.78. The third-order valence-corrected chi connectivity index (χ3v) is 6.45. The number of piperazine rings is 1. The van der Waals surface area contributed by atoms with Crippen LogP contribution in [0.2, 0.25) is 0 Å². The lowest BCUT2D eigenvalue weighted by Gasteiger charge is -2.41. The van der Waals surface area contributed by atoms with Crippen molar-refractivity contribution in [1.82, 2.24) is 25.6 Å². The van der Waals surface area contributed by atoms with Crippen LogP contribution in [0.15, 0.2) is 18.5 Å². The fraction of sp³-hybridized carbons (Fsp3) is 0.684. The molecule has 1 aromatic heterocycles. The Morgan fingerprint density at radius 2 is 2.27 bits per heavy atom. The third-order valence-electron chi connectivity index (χ3n) is 6.16. The summed E-state index contributed by atoms with van der Waals surface area (Å²) in [4.78, 5) is 22.0. The molecule has 4 rings (SSSR count). The predicted molar refractivity (Wildman–Crippen MR) is 116 cm³/mol. The molecule has 166 valence electrons. The van der Waals surface area contributed by atoms with Gasteiger partial charge in [-0.3, -0.25) is 20.0 Å². The van der Waals surface area contributed by atoms with E-state index in [1.807, 2.05) is 11.1 Å². The molecule has 3 fully saturated rings. The van der Waals surface area contributed by atoms with Gasteiger partial charge in [-0.1, -0.05) is 0 Å². The van der Waals surface area contributed by atoms with Crippen LogP contribution in [-0.4, -0.2) is 98.0 Å². The first kappa shape index (κ1) is 21.7. The fourth-order valence-corrected chi connectivity index (χ4v) is 4.73. The maximum absolute atomic E-state index is 13.2. The van der Waals surface area contributed by atoms with E-state index in [1.54, 1.807) is 19.5 Å². The van der Waals surface area contributed by atoms with E-state index in [2.05, 4.69) is 37.9 Å². The SMILES string of the molecule is COCC1CN(c2ccncc2NC(=O)C2C(N)NN3CC(Cl)CNC23)CCN1C. The van der Waals surface area contributed by atoms with Gasteiger partial charge in [0.15, 0.2) is 0 Å². The van der Waals surface area contributed by atoms with Crippen molar-refractivity contribution in [3.63, 3.8) is 0 Å². The molecule has 4 heterocycles. The minimum atomic E-state index is -0.487. The number of pyridine rings is 1. The van der Waals surface area contributed by atoms with Crippen LogP contribution in [0.1, 0.15) is 0 Å². The molecule has 0 radical (unpaired) electrons. The average molecular weight is 439 g/mol. The number of carbonyl (C=O) groups excluding carboxylic acids is 1. The zero-order chi connectivity index (χ0) is 21.3. The summed E-state index contributed by atoms with van der Waals surface area (Å²) < 4.78 is 5.38. The molecule has 11 heteroatoms. The quantitative estimate of drug-likeness (QED) is 0.432. The van der Waals surface area contributed by atoms with Crippen LogP contribution in [0.5, 0.6) is 0 Å². The summed E-state index contributed by atoms with van der Waals surface area (Å²) >= 11 is 6.23. The number of hydrazine groups is 1. The maximum atomic E-state index is 13.2. The normalized spacial score (nSPS) is 32.8. The number of nitrogens with one attached hydrogen (secondary N) is 3. The van der Waals surface area contributed by atoms with Gasteiger partial charge in [0.2, 0.25) is 5.91 Å². The second kappa shape index (κ2) is 9.31. The number of rotatable bonds is 5. The minimum Gasteiger partial charge on any atom is -0.383 e. The Hall–Kier alpha value is -1.53. The van der Waals surface area contributed by atoms with E-state index in [9.17, 15) is 4.79 Å². The van der Waals surface area contributed by atoms with E-state index < -0.39 is 12.1 Å². The molecule has 0 aliphatic carbocycles. The van der Waals surface area contributed by atoms with Gasteiger partial charge in [0, 0.05) is 46.0 Å². The lowest BCUT2D eigenvalue weighted by Crippen LogP contribution is -2.58. The van der Waals surface area contributed by atoms with Crippen LogP contribution in [-0.2, 0) is 9.53 Å². The molecule has 0 aromatic carbocycles. The number of fused-ring (bicyclic) bond motifs is 1. The Labute approximate surface area is 182 Å². The first-order valence-electron chi connectivity index (χ1n) is 10.3. The van der Waals surface area contributed by atoms with E-state index >= 15 is 0 Å². The van der Waals surface area contributed by atoms with Gasteiger partial charge in [-0.2, -0.15) is 0 Å². The van der Waals surface area contributed by atoms with Crippen LogP contribution < -0.4 is 26.7 Å². The first-order valence-corrected chi connectivity index (χ1v) is 10.8. The van der Waals surface area contributed by atoms with E-state index in [1.165, 1.54) is 0 Å². The van der Waals surface area contributed by atoms with Crippen molar-refractivity contribution >= 4 is 28.9 Å². The van der Waals surface area contributed by atoms with Crippen molar-refractivity contribution in [2.24, 2.45) is 11.7 Å². The van der Waals surface area contributed by atoms with Crippen molar-refractivity contribution in [3.8, 4) is 0 Å². The second-order valence-corrected chi connectivity index (χ2v) is 8.82. The summed E-state index contributed by atoms with van der Waals surface area (Å²) in [7, 11) is 3.83. The molecule has 3 aliphatic rings. The number of anilines is 2. The summed E-state index contributed by atoms with van der Waals surface area (Å²) in [6.45, 7) is 4.53. The summed E-state index contributed by atoms with van der Waals surface area (Å²) in [5, 5.41) is 8.30. The Kier molecular flexibility index (Phi) is 6.73. The zero-order valence-corrected chi connectivity index (χ0v) is 18.2. The molecule has 5 atom stereocenters. The molecule has 0 spiro atoms. The Morgan fingerprint density at radius 3 is 3.07 bits per heavy atom. The van der Waals surface area contributed by atoms with Crippen LogP contribution >= 0.6 is 11.6 Å². The average Bonchev–Trinajstić information content (AvgIpc) is 3.05. The molecule has 0 saturated carbocycles. The molecule has 5 N–H and O–H groups in total. The van der Waals surface area contributed by atoms with Crippen molar-refractivity contribution in [2.75, 3.05) is 63.7 Å². The van der Waals surface area contributed by atoms with Crippen molar-refractivity contribution in [3.05, 3.63) is 18.5 Å². The number of nitrogens with zero attached hydrogens (tertiary/aromatic N) is 4. The van der Waals surface area contributed by atoms with Gasteiger partial charge < -0.3 is 20.7 Å². The number of ether oxygens (including phenoxy) is 1. The van der Waals surface area contributed by atoms with Crippen LogP contribution in [0.3, 0.4) is 0 Å². The van der Waals surface area contributed by atoms with Gasteiger partial charge in [0.25, 0.3) is 0 Å². The van der Waals surface area contributed by atoms with Gasteiger partial charge in [-0.15, -0.1) is 11.6 Å². The molecule has 3 saturated heterocycles. The van der Waals surface area contributed by atoms with Gasteiger partial charge in [-0.05, 0) is 13.1 Å². The summed E-state index contributed by atoms with van der Waals surface area (Å²) in [6, 6.07) is 2.23. The largest absolute Gasteiger partial charge is 0.383 e. The standard InChI is InChI=1S/C19H31ClN8O2/c1-26-5-6-27(10-13(26)11-30-2)15-3-4-22-8-14(15)24-19(29)16-17(21)25-28-9-12(20)7-23-18(16)28/h3-4,8,12-13,16-18,23,25H,5-7,9-11,21H2,1-2H3,(H,24,29). The lowest BCUT2D eigenvalue weighted by atomic mass is 10.0. The van der Waals surface area contributed by atoms with Crippen LogP contribution in [0.25, 0.3) is 0 Å². The number of halogens is 1. The lowest BCUT2D eigenvalue weighted by molar-refractivity contribution is -0.121. The maximum Gasteiger partial charge on any atom is 0.233 e. The van der Waals surface area contributed by atoms with E-state index in [0.717, 1.165) is 25.3 Å². The van der Waals surface area contributed by atoms with Gasteiger partial charge in [0.1, 0.15) is 0 Å². The number of aromatic nitrogens is 1. The molecule has 10 nitrogen and oxygen atoms in total. The Balaban J connectivity index is 1.48. The number of nitrogens with two attached hydrogens (primary N) is 1. The minimum absolute atomic E-state index is 0.0232. The number of likely N-dealkylation sites (N-methyl/N-ethyl adjacent to an activating group) is 1. The molecular formula is C19H31ClN8O2. The highest BCUT2D eigenvalue weighted by atomic mass is 35.5. The predicted octanol–water partition coefficient (Wildman–Crippen LogP) is -0.955. The van der Waals surface area contributed by atoms with Gasteiger partial charge in [-0.25, -0.2) is 10.4 Å². The van der Waals surface area contributed by atoms with Crippen molar-refractivity contribution in [1.29, 1.82) is 0 Å². The number of amides is 1. The second-order valence-electron chi connectivity index (χ2n) is 8.20. The fourth-order valence-electron chi connectivity index (χ4n) is 4.49. The Morgan fingerprint density at radius 1 is 1.43 bits per heavy atom. The van der Waals surface area contributed by atoms with E-state index in [-0.39, 0.29) is 23.5 Å². The highest BCUT2D eigenvalue weighted by Crippen LogP contribution is 2.29. The number of hydrogen-bond donors (Lipinski definition) is 4. The first-order chi connectivity index (χ1) is 14.5. The third kappa shape index (κ3) is 4.40. The number of alkyl halides is 1. The molecule has 3 aliphatic heterocycles. The monoisotopic (exact) mass is 438 g/mol. The summed E-state index contributed by atoms with van der Waals surface area (Å²) in [5.74, 6) is -0.587. The number of carbonyl (C=O) groups is 1. The molecule has 1 amide bonds.